The molecule has 0 radical (unpaired) electrons. The van der Waals surface area contributed by atoms with Crippen molar-refractivity contribution in [3.63, 3.8) is 0 Å². The number of nitrogens with one attached hydrogen (secondary N) is 1. The molecule has 0 bridgehead atoms. The molecule has 6 heteroatoms. The summed E-state index contributed by atoms with van der Waals surface area (Å²) in [6.45, 7) is 1.08. The second-order valence-electron chi connectivity index (χ2n) is 3.70. The van der Waals surface area contributed by atoms with Crippen LogP contribution in [0.15, 0.2) is 15.8 Å². The lowest BCUT2D eigenvalue weighted by molar-refractivity contribution is 0.0957. The van der Waals surface area contributed by atoms with E-state index in [1.165, 1.54) is 10.8 Å². The molecule has 1 aliphatic heterocycles. The molecule has 0 spiro atoms. The lowest BCUT2D eigenvalue weighted by Crippen LogP contribution is -2.33. The number of nitriles is 1. The molecule has 84 valence electrons. The Hall–Kier alpha value is -1.87. The van der Waals surface area contributed by atoms with Gasteiger partial charge in [0.1, 0.15) is 11.6 Å². The molecule has 1 fully saturated rings. The molecule has 16 heavy (non-hydrogen) atoms. The number of hydrogen-bond donors (Lipinski definition) is 1. The normalized spacial score (nSPS) is 19.6. The van der Waals surface area contributed by atoms with Gasteiger partial charge in [-0.3, -0.25) is 14.3 Å². The molecular weight excluding hydrogens is 210 g/mol. The maximum Gasteiger partial charge on any atom is 0.328 e. The summed E-state index contributed by atoms with van der Waals surface area (Å²) in [4.78, 5) is 24.7. The first-order valence-electron chi connectivity index (χ1n) is 5.06. The summed E-state index contributed by atoms with van der Waals surface area (Å²) >= 11 is 0. The highest BCUT2D eigenvalue weighted by molar-refractivity contribution is 5.21. The zero-order valence-corrected chi connectivity index (χ0v) is 8.60. The SMILES string of the molecule is N#Cc1cn(CC2CCCO2)c(=O)[nH]c1=O. The maximum atomic E-state index is 11.4. The van der Waals surface area contributed by atoms with E-state index >= 15 is 0 Å². The Kier molecular flexibility index (Phi) is 2.88. The summed E-state index contributed by atoms with van der Waals surface area (Å²) < 4.78 is 6.70. The van der Waals surface area contributed by atoms with E-state index in [1.807, 2.05) is 0 Å². The highest BCUT2D eigenvalue weighted by atomic mass is 16.5. The smallest absolute Gasteiger partial charge is 0.328 e. The molecule has 0 saturated carbocycles. The van der Waals surface area contributed by atoms with Crippen LogP contribution in [-0.4, -0.2) is 22.3 Å². The van der Waals surface area contributed by atoms with Crippen LogP contribution in [0.5, 0.6) is 0 Å². The summed E-state index contributed by atoms with van der Waals surface area (Å²) in [5.41, 5.74) is -1.20. The molecule has 2 rings (SSSR count). The minimum atomic E-state index is -0.643. The van der Waals surface area contributed by atoms with E-state index in [-0.39, 0.29) is 11.7 Å². The van der Waals surface area contributed by atoms with Crippen molar-refractivity contribution in [2.45, 2.75) is 25.5 Å². The van der Waals surface area contributed by atoms with Crippen LogP contribution in [0.1, 0.15) is 18.4 Å². The summed E-state index contributed by atoms with van der Waals surface area (Å²) in [5, 5.41) is 8.68. The third kappa shape index (κ3) is 2.04. The van der Waals surface area contributed by atoms with Crippen molar-refractivity contribution in [2.24, 2.45) is 0 Å². The largest absolute Gasteiger partial charge is 0.376 e. The maximum absolute atomic E-state index is 11.4. The average molecular weight is 221 g/mol. The molecule has 0 aliphatic carbocycles. The standard InChI is InChI=1S/C10H11N3O3/c11-4-7-5-13(10(15)12-9(7)14)6-8-2-1-3-16-8/h5,8H,1-3,6H2,(H,12,14,15). The van der Waals surface area contributed by atoms with E-state index in [2.05, 4.69) is 4.98 Å². The van der Waals surface area contributed by atoms with Crippen LogP contribution in [0.4, 0.5) is 0 Å². The second kappa shape index (κ2) is 4.33. The molecule has 1 unspecified atom stereocenters. The van der Waals surface area contributed by atoms with Crippen molar-refractivity contribution < 1.29 is 4.74 Å². The van der Waals surface area contributed by atoms with Crippen molar-refractivity contribution in [3.05, 3.63) is 32.6 Å². The fourth-order valence-corrected chi connectivity index (χ4v) is 1.73. The average Bonchev–Trinajstić information content (AvgIpc) is 2.75. The van der Waals surface area contributed by atoms with Gasteiger partial charge in [0.15, 0.2) is 0 Å². The Morgan fingerprint density at radius 2 is 2.44 bits per heavy atom. The highest BCUT2D eigenvalue weighted by Gasteiger charge is 2.17. The zero-order valence-electron chi connectivity index (χ0n) is 8.60. The fourth-order valence-electron chi connectivity index (χ4n) is 1.73. The monoisotopic (exact) mass is 221 g/mol. The first-order valence-corrected chi connectivity index (χ1v) is 5.06. The number of hydrogen-bond acceptors (Lipinski definition) is 4. The van der Waals surface area contributed by atoms with Crippen LogP contribution in [-0.2, 0) is 11.3 Å². The van der Waals surface area contributed by atoms with E-state index in [0.29, 0.717) is 13.2 Å². The van der Waals surface area contributed by atoms with E-state index in [4.69, 9.17) is 10.00 Å². The Morgan fingerprint density at radius 1 is 1.62 bits per heavy atom. The Balaban J connectivity index is 2.30. The van der Waals surface area contributed by atoms with E-state index in [0.717, 1.165) is 12.8 Å². The van der Waals surface area contributed by atoms with Crippen molar-refractivity contribution in [2.75, 3.05) is 6.61 Å². The van der Waals surface area contributed by atoms with Crippen molar-refractivity contribution in [1.29, 1.82) is 5.26 Å². The Labute approximate surface area is 91.1 Å². The molecule has 1 aromatic heterocycles. The van der Waals surface area contributed by atoms with Gasteiger partial charge in [-0.25, -0.2) is 4.79 Å². The van der Waals surface area contributed by atoms with E-state index in [9.17, 15) is 9.59 Å². The summed E-state index contributed by atoms with van der Waals surface area (Å²) in [6, 6.07) is 1.74. The number of rotatable bonds is 2. The van der Waals surface area contributed by atoms with Crippen LogP contribution < -0.4 is 11.2 Å². The second-order valence-corrected chi connectivity index (χ2v) is 3.70. The predicted molar refractivity (Wildman–Crippen MR) is 55.0 cm³/mol. The fraction of sp³-hybridized carbons (Fsp3) is 0.500. The molecule has 2 heterocycles. The zero-order chi connectivity index (χ0) is 11.5. The first kappa shape index (κ1) is 10.6. The molecule has 1 saturated heterocycles. The first-order chi connectivity index (χ1) is 7.70. The van der Waals surface area contributed by atoms with Gasteiger partial charge in [0, 0.05) is 12.8 Å². The van der Waals surface area contributed by atoms with Gasteiger partial charge >= 0.3 is 5.69 Å². The molecule has 0 amide bonds. The topological polar surface area (TPSA) is 87.9 Å². The lowest BCUT2D eigenvalue weighted by atomic mass is 10.2. The van der Waals surface area contributed by atoms with Crippen LogP contribution >= 0.6 is 0 Å². The number of ether oxygens (including phenoxy) is 1. The van der Waals surface area contributed by atoms with Gasteiger partial charge in [0.05, 0.1) is 12.6 Å². The van der Waals surface area contributed by atoms with Crippen molar-refractivity contribution in [3.8, 4) is 6.07 Å². The van der Waals surface area contributed by atoms with Gasteiger partial charge in [-0.05, 0) is 12.8 Å². The van der Waals surface area contributed by atoms with Crippen LogP contribution in [0.2, 0.25) is 0 Å². The summed E-state index contributed by atoms with van der Waals surface area (Å²) in [7, 11) is 0. The van der Waals surface area contributed by atoms with Gasteiger partial charge in [-0.1, -0.05) is 0 Å². The van der Waals surface area contributed by atoms with E-state index in [1.54, 1.807) is 6.07 Å². The number of H-pyrrole nitrogens is 1. The molecule has 1 N–H and O–H groups in total. The molecule has 6 nitrogen and oxygen atoms in total. The lowest BCUT2D eigenvalue weighted by Gasteiger charge is -2.10. The van der Waals surface area contributed by atoms with E-state index < -0.39 is 11.2 Å². The summed E-state index contributed by atoms with van der Waals surface area (Å²) in [5.74, 6) is 0. The Bertz CT molecular complexity index is 531. The molecule has 0 aromatic carbocycles. The van der Waals surface area contributed by atoms with Crippen molar-refractivity contribution in [1.82, 2.24) is 9.55 Å². The molecule has 1 aromatic rings. The Morgan fingerprint density at radius 3 is 3.06 bits per heavy atom. The van der Waals surface area contributed by atoms with Gasteiger partial charge in [-0.2, -0.15) is 5.26 Å². The van der Waals surface area contributed by atoms with Gasteiger partial charge < -0.3 is 4.74 Å². The molecule has 1 aliphatic rings. The molecule has 1 atom stereocenters. The quantitative estimate of drug-likeness (QED) is 0.735. The van der Waals surface area contributed by atoms with Gasteiger partial charge in [-0.15, -0.1) is 0 Å². The minimum Gasteiger partial charge on any atom is -0.376 e. The molecular formula is C10H11N3O3. The summed E-state index contributed by atoms with van der Waals surface area (Å²) in [6.07, 6.45) is 3.15. The van der Waals surface area contributed by atoms with Gasteiger partial charge in [0.25, 0.3) is 5.56 Å². The third-order valence-corrected chi connectivity index (χ3v) is 2.56. The van der Waals surface area contributed by atoms with Gasteiger partial charge in [0.2, 0.25) is 0 Å². The number of aromatic amines is 1. The van der Waals surface area contributed by atoms with Crippen LogP contribution in [0.3, 0.4) is 0 Å². The van der Waals surface area contributed by atoms with Crippen molar-refractivity contribution >= 4 is 0 Å². The third-order valence-electron chi connectivity index (χ3n) is 2.56. The number of aromatic nitrogens is 2. The predicted octanol–water partition coefficient (Wildman–Crippen LogP) is -0.413. The van der Waals surface area contributed by atoms with Crippen LogP contribution in [0, 0.1) is 11.3 Å². The minimum absolute atomic E-state index is 0.00450. The highest BCUT2D eigenvalue weighted by Crippen LogP contribution is 2.12. The number of nitrogens with zero attached hydrogens (tertiary/aromatic N) is 2. The van der Waals surface area contributed by atoms with Crippen LogP contribution in [0.25, 0.3) is 0 Å².